The highest BCUT2D eigenvalue weighted by Gasteiger charge is 2.43. The Hall–Kier alpha value is -1.43. The molecule has 17 heavy (non-hydrogen) atoms. The van der Waals surface area contributed by atoms with E-state index in [1.165, 1.54) is 11.3 Å². The standard InChI is InChI=1S/C11H15N3O2S/c1-7-9(15)13-11(2,3)10(16)14(7)5-8-4-12-6-17-8/h4,6-7H,5H2,1-3H3,(H,13,15). The van der Waals surface area contributed by atoms with Crippen LogP contribution >= 0.6 is 11.3 Å². The van der Waals surface area contributed by atoms with Crippen molar-refractivity contribution < 1.29 is 9.59 Å². The van der Waals surface area contributed by atoms with E-state index in [0.717, 1.165) is 4.88 Å². The molecule has 1 aliphatic rings. The molecule has 1 unspecified atom stereocenters. The van der Waals surface area contributed by atoms with Gasteiger partial charge in [0.25, 0.3) is 0 Å². The number of hydrogen-bond acceptors (Lipinski definition) is 4. The van der Waals surface area contributed by atoms with Crippen LogP contribution in [-0.2, 0) is 16.1 Å². The normalized spacial score (nSPS) is 23.7. The third kappa shape index (κ3) is 2.17. The van der Waals surface area contributed by atoms with Gasteiger partial charge in [-0.25, -0.2) is 0 Å². The maximum absolute atomic E-state index is 12.2. The zero-order chi connectivity index (χ0) is 12.6. The van der Waals surface area contributed by atoms with Gasteiger partial charge in [0.2, 0.25) is 11.8 Å². The van der Waals surface area contributed by atoms with Crippen molar-refractivity contribution >= 4 is 23.2 Å². The molecule has 1 N–H and O–H groups in total. The summed E-state index contributed by atoms with van der Waals surface area (Å²) < 4.78 is 0. The van der Waals surface area contributed by atoms with Gasteiger partial charge in [-0.1, -0.05) is 0 Å². The van der Waals surface area contributed by atoms with Crippen LogP contribution in [0.2, 0.25) is 0 Å². The average Bonchev–Trinajstić information content (AvgIpc) is 2.74. The molecule has 0 aromatic carbocycles. The fourth-order valence-corrected chi connectivity index (χ4v) is 2.43. The number of rotatable bonds is 2. The maximum Gasteiger partial charge on any atom is 0.248 e. The third-order valence-corrected chi connectivity index (χ3v) is 3.65. The highest BCUT2D eigenvalue weighted by molar-refractivity contribution is 7.09. The summed E-state index contributed by atoms with van der Waals surface area (Å²) in [4.78, 5) is 30.6. The first-order valence-corrected chi connectivity index (χ1v) is 6.30. The van der Waals surface area contributed by atoms with Gasteiger partial charge < -0.3 is 10.2 Å². The Morgan fingerprint density at radius 1 is 1.53 bits per heavy atom. The van der Waals surface area contributed by atoms with Crippen LogP contribution in [0.3, 0.4) is 0 Å². The summed E-state index contributed by atoms with van der Waals surface area (Å²) >= 11 is 1.49. The largest absolute Gasteiger partial charge is 0.340 e. The van der Waals surface area contributed by atoms with E-state index in [1.807, 2.05) is 0 Å². The van der Waals surface area contributed by atoms with E-state index in [1.54, 1.807) is 37.4 Å². The number of carbonyl (C=O) groups is 2. The Morgan fingerprint density at radius 2 is 2.24 bits per heavy atom. The molecule has 1 saturated heterocycles. The molecule has 6 heteroatoms. The molecule has 2 rings (SSSR count). The van der Waals surface area contributed by atoms with E-state index in [0.29, 0.717) is 6.54 Å². The molecule has 1 aromatic heterocycles. The molecule has 0 bridgehead atoms. The van der Waals surface area contributed by atoms with Gasteiger partial charge >= 0.3 is 0 Å². The van der Waals surface area contributed by atoms with Crippen LogP contribution < -0.4 is 5.32 Å². The number of carbonyl (C=O) groups excluding carboxylic acids is 2. The van der Waals surface area contributed by atoms with Crippen LogP contribution in [0.5, 0.6) is 0 Å². The van der Waals surface area contributed by atoms with Crippen molar-refractivity contribution in [1.29, 1.82) is 0 Å². The SMILES string of the molecule is CC1C(=O)NC(C)(C)C(=O)N1Cc1cncs1. The predicted molar refractivity (Wildman–Crippen MR) is 64.3 cm³/mol. The fourth-order valence-electron chi connectivity index (χ4n) is 1.84. The maximum atomic E-state index is 12.2. The molecule has 5 nitrogen and oxygen atoms in total. The summed E-state index contributed by atoms with van der Waals surface area (Å²) in [5, 5.41) is 2.72. The molecule has 1 aliphatic heterocycles. The van der Waals surface area contributed by atoms with Crippen molar-refractivity contribution in [3.63, 3.8) is 0 Å². The van der Waals surface area contributed by atoms with Gasteiger partial charge in [0.1, 0.15) is 11.6 Å². The number of nitrogens with zero attached hydrogens (tertiary/aromatic N) is 2. The summed E-state index contributed by atoms with van der Waals surface area (Å²) in [7, 11) is 0. The lowest BCUT2D eigenvalue weighted by atomic mass is 9.97. The Bertz CT molecular complexity index is 442. The van der Waals surface area contributed by atoms with E-state index < -0.39 is 11.6 Å². The van der Waals surface area contributed by atoms with Crippen LogP contribution in [-0.4, -0.2) is 33.3 Å². The lowest BCUT2D eigenvalue weighted by molar-refractivity contribution is -0.153. The first-order chi connectivity index (χ1) is 7.92. The van der Waals surface area contributed by atoms with Crippen molar-refractivity contribution in [1.82, 2.24) is 15.2 Å². The number of amides is 2. The second-order valence-electron chi connectivity index (χ2n) is 4.69. The summed E-state index contributed by atoms with van der Waals surface area (Å²) in [6.07, 6.45) is 1.73. The van der Waals surface area contributed by atoms with Gasteiger partial charge in [0.15, 0.2) is 0 Å². The molecular formula is C11H15N3O2S. The van der Waals surface area contributed by atoms with Crippen molar-refractivity contribution in [3.05, 3.63) is 16.6 Å². The summed E-state index contributed by atoms with van der Waals surface area (Å²) in [6, 6.07) is -0.433. The number of hydrogen-bond donors (Lipinski definition) is 1. The van der Waals surface area contributed by atoms with Crippen LogP contribution in [0.25, 0.3) is 0 Å². The molecule has 1 aromatic rings. The van der Waals surface area contributed by atoms with E-state index >= 15 is 0 Å². The monoisotopic (exact) mass is 253 g/mol. The molecule has 1 fully saturated rings. The first kappa shape index (κ1) is 12.0. The lowest BCUT2D eigenvalue weighted by Crippen LogP contribution is -2.66. The second-order valence-corrected chi connectivity index (χ2v) is 5.66. The van der Waals surface area contributed by atoms with Gasteiger partial charge in [-0.05, 0) is 20.8 Å². The molecule has 0 saturated carbocycles. The summed E-state index contributed by atoms with van der Waals surface area (Å²) in [5.41, 5.74) is 0.897. The van der Waals surface area contributed by atoms with Crippen LogP contribution in [0.15, 0.2) is 11.7 Å². The van der Waals surface area contributed by atoms with Crippen LogP contribution in [0, 0.1) is 0 Å². The minimum absolute atomic E-state index is 0.0574. The Kier molecular flexibility index (Phi) is 2.91. The lowest BCUT2D eigenvalue weighted by Gasteiger charge is -2.41. The van der Waals surface area contributed by atoms with Crippen LogP contribution in [0.4, 0.5) is 0 Å². The van der Waals surface area contributed by atoms with Gasteiger partial charge in [-0.15, -0.1) is 11.3 Å². The van der Waals surface area contributed by atoms with E-state index in [-0.39, 0.29) is 11.8 Å². The van der Waals surface area contributed by atoms with E-state index in [4.69, 9.17) is 0 Å². The predicted octanol–water partition coefficient (Wildman–Crippen LogP) is 0.769. The van der Waals surface area contributed by atoms with Crippen molar-refractivity contribution in [2.45, 2.75) is 38.9 Å². The smallest absolute Gasteiger partial charge is 0.248 e. The molecule has 0 radical (unpaired) electrons. The molecule has 2 heterocycles. The van der Waals surface area contributed by atoms with Crippen molar-refractivity contribution in [3.8, 4) is 0 Å². The Morgan fingerprint density at radius 3 is 2.82 bits per heavy atom. The minimum atomic E-state index is -0.825. The zero-order valence-electron chi connectivity index (χ0n) is 10.1. The van der Waals surface area contributed by atoms with Crippen molar-refractivity contribution in [2.75, 3.05) is 0 Å². The summed E-state index contributed by atoms with van der Waals surface area (Å²) in [5.74, 6) is -0.169. The second kappa shape index (κ2) is 4.10. The van der Waals surface area contributed by atoms with E-state index in [9.17, 15) is 9.59 Å². The van der Waals surface area contributed by atoms with Gasteiger partial charge in [0, 0.05) is 11.1 Å². The van der Waals surface area contributed by atoms with Gasteiger partial charge in [-0.2, -0.15) is 0 Å². The molecule has 92 valence electrons. The highest BCUT2D eigenvalue weighted by Crippen LogP contribution is 2.21. The average molecular weight is 253 g/mol. The minimum Gasteiger partial charge on any atom is -0.340 e. The molecule has 0 aliphatic carbocycles. The van der Waals surface area contributed by atoms with Crippen LogP contribution in [0.1, 0.15) is 25.6 Å². The summed E-state index contributed by atoms with van der Waals surface area (Å²) in [6.45, 7) is 5.63. The molecule has 1 atom stereocenters. The van der Waals surface area contributed by atoms with Gasteiger partial charge in [-0.3, -0.25) is 14.6 Å². The topological polar surface area (TPSA) is 62.3 Å². The molecule has 0 spiro atoms. The number of thiazole rings is 1. The zero-order valence-corrected chi connectivity index (χ0v) is 10.9. The quantitative estimate of drug-likeness (QED) is 0.846. The molecular weight excluding hydrogens is 238 g/mol. The first-order valence-electron chi connectivity index (χ1n) is 5.42. The Balaban J connectivity index is 2.23. The van der Waals surface area contributed by atoms with Gasteiger partial charge in [0.05, 0.1) is 12.1 Å². The van der Waals surface area contributed by atoms with E-state index in [2.05, 4.69) is 10.3 Å². The fraction of sp³-hybridized carbons (Fsp3) is 0.545. The Labute approximate surface area is 104 Å². The highest BCUT2D eigenvalue weighted by atomic mass is 32.1. The number of piperazine rings is 1. The number of aromatic nitrogens is 1. The number of nitrogens with one attached hydrogen (secondary N) is 1. The molecule has 2 amide bonds. The third-order valence-electron chi connectivity index (χ3n) is 2.89. The van der Waals surface area contributed by atoms with Crippen molar-refractivity contribution in [2.24, 2.45) is 0 Å².